The third kappa shape index (κ3) is 2.35. The Bertz CT molecular complexity index is 272. The van der Waals surface area contributed by atoms with Gasteiger partial charge in [-0.1, -0.05) is 36.4 Å². The molecule has 0 fully saturated rings. The first-order valence-corrected chi connectivity index (χ1v) is 4.00. The number of carbonyl (C=O) groups is 1. The first kappa shape index (κ1) is 8.72. The summed E-state index contributed by atoms with van der Waals surface area (Å²) in [7, 11) is 0. The van der Waals surface area contributed by atoms with Crippen LogP contribution in [0.4, 0.5) is 0 Å². The van der Waals surface area contributed by atoms with Gasteiger partial charge in [0.25, 0.3) is 0 Å². The van der Waals surface area contributed by atoms with E-state index in [1.165, 1.54) is 5.56 Å². The molecule has 0 atom stereocenters. The van der Waals surface area contributed by atoms with Crippen molar-refractivity contribution in [2.75, 3.05) is 0 Å². The third-order valence-electron chi connectivity index (χ3n) is 1.75. The summed E-state index contributed by atoms with van der Waals surface area (Å²) >= 11 is 0. The Morgan fingerprint density at radius 3 is 2.58 bits per heavy atom. The molecular weight excluding hydrogens is 148 g/mol. The molecule has 0 radical (unpaired) electrons. The van der Waals surface area contributed by atoms with Crippen molar-refractivity contribution in [3.63, 3.8) is 0 Å². The quantitative estimate of drug-likeness (QED) is 0.621. The van der Waals surface area contributed by atoms with E-state index in [2.05, 4.69) is 0 Å². The number of allylic oxidation sites excluding steroid dienone is 2. The topological polar surface area (TPSA) is 17.1 Å². The summed E-state index contributed by atoms with van der Waals surface area (Å²) in [6, 6.07) is 10.0. The number of hydrogen-bond donors (Lipinski definition) is 0. The molecule has 0 aromatic heterocycles. The molecule has 0 aliphatic carbocycles. The fourth-order valence-corrected chi connectivity index (χ4v) is 1.04. The molecule has 1 aromatic rings. The molecule has 12 heavy (non-hydrogen) atoms. The van der Waals surface area contributed by atoms with Crippen molar-refractivity contribution in [1.29, 1.82) is 0 Å². The first-order valence-electron chi connectivity index (χ1n) is 4.00. The number of rotatable bonds is 3. The van der Waals surface area contributed by atoms with Crippen LogP contribution in [0.15, 0.2) is 36.4 Å². The molecule has 0 amide bonds. The molecule has 0 spiro atoms. The minimum atomic E-state index is 0.501. The van der Waals surface area contributed by atoms with Crippen molar-refractivity contribution < 1.29 is 4.79 Å². The molecule has 1 aromatic carbocycles. The van der Waals surface area contributed by atoms with Gasteiger partial charge >= 0.3 is 0 Å². The van der Waals surface area contributed by atoms with Crippen LogP contribution in [0.25, 0.3) is 5.57 Å². The molecule has 0 N–H and O–H groups in total. The summed E-state index contributed by atoms with van der Waals surface area (Å²) in [6.45, 7) is 2.01. The van der Waals surface area contributed by atoms with Crippen molar-refractivity contribution in [2.45, 2.75) is 13.3 Å². The Labute approximate surface area is 72.7 Å². The highest BCUT2D eigenvalue weighted by molar-refractivity contribution is 5.66. The molecule has 1 heteroatoms. The van der Waals surface area contributed by atoms with Crippen LogP contribution in [-0.4, -0.2) is 6.29 Å². The molecule has 0 bridgehead atoms. The number of aldehydes is 1. The fourth-order valence-electron chi connectivity index (χ4n) is 1.04. The zero-order chi connectivity index (χ0) is 8.81. The van der Waals surface area contributed by atoms with Gasteiger partial charge < -0.3 is 4.79 Å². The van der Waals surface area contributed by atoms with Gasteiger partial charge in [-0.3, -0.25) is 0 Å². The van der Waals surface area contributed by atoms with Crippen LogP contribution < -0.4 is 0 Å². The highest BCUT2D eigenvalue weighted by atomic mass is 16.1. The van der Waals surface area contributed by atoms with Gasteiger partial charge in [-0.2, -0.15) is 0 Å². The summed E-state index contributed by atoms with van der Waals surface area (Å²) in [6.07, 6.45) is 3.34. The van der Waals surface area contributed by atoms with Crippen molar-refractivity contribution in [3.05, 3.63) is 42.0 Å². The van der Waals surface area contributed by atoms with Crippen LogP contribution in [0.3, 0.4) is 0 Å². The second kappa shape index (κ2) is 4.50. The average molecular weight is 160 g/mol. The smallest absolute Gasteiger partial charge is 0.123 e. The predicted molar refractivity (Wildman–Crippen MR) is 50.8 cm³/mol. The highest BCUT2D eigenvalue weighted by Crippen LogP contribution is 2.12. The van der Waals surface area contributed by atoms with E-state index in [9.17, 15) is 4.79 Å². The van der Waals surface area contributed by atoms with Gasteiger partial charge in [0.1, 0.15) is 6.29 Å². The Balaban J connectivity index is 2.77. The van der Waals surface area contributed by atoms with Gasteiger partial charge in [0, 0.05) is 6.42 Å². The summed E-state index contributed by atoms with van der Waals surface area (Å²) < 4.78 is 0. The summed E-state index contributed by atoms with van der Waals surface area (Å²) in [4.78, 5) is 10.1. The number of carbonyl (C=O) groups excluding carboxylic acids is 1. The van der Waals surface area contributed by atoms with Gasteiger partial charge in [-0.05, 0) is 18.1 Å². The van der Waals surface area contributed by atoms with Gasteiger partial charge in [0.05, 0.1) is 0 Å². The normalized spacial score (nSPS) is 11.2. The van der Waals surface area contributed by atoms with E-state index in [0.29, 0.717) is 6.42 Å². The van der Waals surface area contributed by atoms with E-state index in [4.69, 9.17) is 0 Å². The van der Waals surface area contributed by atoms with Crippen LogP contribution in [0.1, 0.15) is 18.9 Å². The zero-order valence-electron chi connectivity index (χ0n) is 7.16. The molecule has 0 unspecified atom stereocenters. The van der Waals surface area contributed by atoms with Crippen LogP contribution in [-0.2, 0) is 4.79 Å². The first-order chi connectivity index (χ1) is 5.84. The van der Waals surface area contributed by atoms with Gasteiger partial charge in [0.15, 0.2) is 0 Å². The maximum Gasteiger partial charge on any atom is 0.123 e. The second-order valence-corrected chi connectivity index (χ2v) is 2.66. The maximum absolute atomic E-state index is 10.1. The van der Waals surface area contributed by atoms with Gasteiger partial charge in [-0.15, -0.1) is 0 Å². The van der Waals surface area contributed by atoms with E-state index in [1.807, 2.05) is 43.3 Å². The lowest BCUT2D eigenvalue weighted by Crippen LogP contribution is -1.78. The molecule has 0 aliphatic rings. The van der Waals surface area contributed by atoms with Gasteiger partial charge in [0.2, 0.25) is 0 Å². The Hall–Kier alpha value is -1.37. The van der Waals surface area contributed by atoms with E-state index in [1.54, 1.807) is 0 Å². The van der Waals surface area contributed by atoms with E-state index in [-0.39, 0.29) is 0 Å². The largest absolute Gasteiger partial charge is 0.303 e. The van der Waals surface area contributed by atoms with Crippen LogP contribution >= 0.6 is 0 Å². The number of benzene rings is 1. The SMILES string of the molecule is CC(=CCC=O)c1ccccc1. The van der Waals surface area contributed by atoms with Crippen LogP contribution in [0.5, 0.6) is 0 Å². The molecule has 62 valence electrons. The summed E-state index contributed by atoms with van der Waals surface area (Å²) in [5, 5.41) is 0. The van der Waals surface area contributed by atoms with E-state index in [0.717, 1.165) is 11.9 Å². The van der Waals surface area contributed by atoms with Gasteiger partial charge in [-0.25, -0.2) is 0 Å². The lowest BCUT2D eigenvalue weighted by Gasteiger charge is -1.98. The maximum atomic E-state index is 10.1. The minimum Gasteiger partial charge on any atom is -0.303 e. The summed E-state index contributed by atoms with van der Waals surface area (Å²) in [5.41, 5.74) is 2.34. The number of hydrogen-bond acceptors (Lipinski definition) is 1. The second-order valence-electron chi connectivity index (χ2n) is 2.66. The van der Waals surface area contributed by atoms with Crippen LogP contribution in [0.2, 0.25) is 0 Å². The molecule has 0 saturated heterocycles. The predicted octanol–water partition coefficient (Wildman–Crippen LogP) is 2.68. The molecule has 1 nitrogen and oxygen atoms in total. The standard InChI is InChI=1S/C11H12O/c1-10(6-5-9-12)11-7-3-2-4-8-11/h2-4,6-9H,5H2,1H3. The minimum absolute atomic E-state index is 0.501. The molecule has 0 heterocycles. The van der Waals surface area contributed by atoms with Crippen LogP contribution in [0, 0.1) is 0 Å². The van der Waals surface area contributed by atoms with Crippen molar-refractivity contribution in [1.82, 2.24) is 0 Å². The molecule has 0 aliphatic heterocycles. The molecule has 1 rings (SSSR count). The van der Waals surface area contributed by atoms with Crippen molar-refractivity contribution >= 4 is 11.9 Å². The molecule has 0 saturated carbocycles. The third-order valence-corrected chi connectivity index (χ3v) is 1.75. The Morgan fingerprint density at radius 2 is 2.00 bits per heavy atom. The highest BCUT2D eigenvalue weighted by Gasteiger charge is 1.91. The lowest BCUT2D eigenvalue weighted by molar-refractivity contribution is -0.107. The Kier molecular flexibility index (Phi) is 3.27. The molecular formula is C11H12O. The fraction of sp³-hybridized carbons (Fsp3) is 0.182. The average Bonchev–Trinajstić information content (AvgIpc) is 2.15. The van der Waals surface area contributed by atoms with Crippen molar-refractivity contribution in [2.24, 2.45) is 0 Å². The monoisotopic (exact) mass is 160 g/mol. The Morgan fingerprint density at radius 1 is 1.33 bits per heavy atom. The van der Waals surface area contributed by atoms with E-state index >= 15 is 0 Å². The summed E-state index contributed by atoms with van der Waals surface area (Å²) in [5.74, 6) is 0. The van der Waals surface area contributed by atoms with E-state index < -0.39 is 0 Å². The zero-order valence-corrected chi connectivity index (χ0v) is 7.16. The lowest BCUT2D eigenvalue weighted by atomic mass is 10.1. The van der Waals surface area contributed by atoms with Crippen molar-refractivity contribution in [3.8, 4) is 0 Å².